The van der Waals surface area contributed by atoms with E-state index in [9.17, 15) is 23.6 Å². The van der Waals surface area contributed by atoms with Crippen LogP contribution in [0.3, 0.4) is 0 Å². The number of imide groups is 1. The molecule has 0 aliphatic carbocycles. The summed E-state index contributed by atoms with van der Waals surface area (Å²) < 4.78 is 18.0. The van der Waals surface area contributed by atoms with E-state index in [2.05, 4.69) is 16.0 Å². The van der Waals surface area contributed by atoms with E-state index in [1.54, 1.807) is 0 Å². The fourth-order valence-electron chi connectivity index (χ4n) is 3.47. The number of aryl methyl sites for hydroxylation is 1. The molecule has 1 fully saturated rings. The second-order valence-electron chi connectivity index (χ2n) is 8.36. The number of carbonyl (C=O) groups is 4. The molecule has 0 radical (unpaired) electrons. The standard InChI is InChI=1S/C23H33FN4O5/c1-16(2)14-19(22(31)27-23(32)28-10-12-33-13-11-28)26-21(30)18(25-20(29)15-24)9-8-17-6-4-3-5-7-17/h3-7,16,18-19H,8-15H2,1-2H3,(H,25,29)(H,26,30)(H,27,31,32)/t18?,19-/m0/s1. The van der Waals surface area contributed by atoms with Crippen molar-refractivity contribution in [1.82, 2.24) is 20.9 Å². The summed E-state index contributed by atoms with van der Waals surface area (Å²) in [6, 6.07) is 6.81. The third-order valence-corrected chi connectivity index (χ3v) is 5.21. The van der Waals surface area contributed by atoms with E-state index in [4.69, 9.17) is 4.74 Å². The molecule has 0 aromatic heterocycles. The van der Waals surface area contributed by atoms with Crippen molar-refractivity contribution in [3.05, 3.63) is 35.9 Å². The van der Waals surface area contributed by atoms with E-state index < -0.39 is 42.5 Å². The molecule has 10 heteroatoms. The number of hydrogen-bond donors (Lipinski definition) is 3. The first-order valence-electron chi connectivity index (χ1n) is 11.2. The van der Waals surface area contributed by atoms with Crippen LogP contribution in [0.4, 0.5) is 9.18 Å². The number of ether oxygens (including phenoxy) is 1. The van der Waals surface area contributed by atoms with Gasteiger partial charge in [-0.3, -0.25) is 19.7 Å². The molecule has 0 saturated carbocycles. The van der Waals surface area contributed by atoms with Gasteiger partial charge in [0, 0.05) is 13.1 Å². The number of benzene rings is 1. The zero-order chi connectivity index (χ0) is 24.2. The van der Waals surface area contributed by atoms with Gasteiger partial charge in [0.15, 0.2) is 6.67 Å². The van der Waals surface area contributed by atoms with Gasteiger partial charge in [0.1, 0.15) is 12.1 Å². The van der Waals surface area contributed by atoms with Gasteiger partial charge in [0.2, 0.25) is 5.91 Å². The maximum absolute atomic E-state index is 13.0. The molecular weight excluding hydrogens is 431 g/mol. The number of morpholine rings is 1. The summed E-state index contributed by atoms with van der Waals surface area (Å²) in [5, 5.41) is 7.36. The Morgan fingerprint density at radius 3 is 2.27 bits per heavy atom. The van der Waals surface area contributed by atoms with Crippen LogP contribution in [0.15, 0.2) is 30.3 Å². The number of urea groups is 1. The SMILES string of the molecule is CC(C)C[C@H](NC(=O)C(CCc1ccccc1)NC(=O)CF)C(=O)NC(=O)N1CCOCC1. The molecule has 182 valence electrons. The van der Waals surface area contributed by atoms with E-state index in [1.807, 2.05) is 44.2 Å². The quantitative estimate of drug-likeness (QED) is 0.481. The van der Waals surface area contributed by atoms with Crippen molar-refractivity contribution in [2.75, 3.05) is 33.0 Å². The summed E-state index contributed by atoms with van der Waals surface area (Å²) in [6.07, 6.45) is 0.989. The maximum Gasteiger partial charge on any atom is 0.324 e. The fourth-order valence-corrected chi connectivity index (χ4v) is 3.47. The summed E-state index contributed by atoms with van der Waals surface area (Å²) in [5.74, 6) is -2.10. The highest BCUT2D eigenvalue weighted by atomic mass is 19.1. The van der Waals surface area contributed by atoms with Crippen LogP contribution in [0.2, 0.25) is 0 Å². The number of hydrogen-bond acceptors (Lipinski definition) is 5. The Morgan fingerprint density at radius 1 is 1.00 bits per heavy atom. The van der Waals surface area contributed by atoms with E-state index in [-0.39, 0.29) is 18.8 Å². The van der Waals surface area contributed by atoms with Crippen LogP contribution < -0.4 is 16.0 Å². The third-order valence-electron chi connectivity index (χ3n) is 5.21. The van der Waals surface area contributed by atoms with E-state index >= 15 is 0 Å². The van der Waals surface area contributed by atoms with Crippen molar-refractivity contribution in [3.63, 3.8) is 0 Å². The summed E-state index contributed by atoms with van der Waals surface area (Å²) in [5.41, 5.74) is 0.956. The Hall–Kier alpha value is -3.01. The third kappa shape index (κ3) is 9.17. The topological polar surface area (TPSA) is 117 Å². The van der Waals surface area contributed by atoms with Gasteiger partial charge in [-0.2, -0.15) is 0 Å². The van der Waals surface area contributed by atoms with E-state index in [0.717, 1.165) is 5.56 Å². The molecule has 2 atom stereocenters. The second kappa shape index (κ2) is 13.5. The molecule has 1 aliphatic heterocycles. The molecular formula is C23H33FN4O5. The highest BCUT2D eigenvalue weighted by molar-refractivity contribution is 5.99. The number of halogens is 1. The Morgan fingerprint density at radius 2 is 1.67 bits per heavy atom. The summed E-state index contributed by atoms with van der Waals surface area (Å²) in [7, 11) is 0. The molecule has 1 aromatic rings. The first-order chi connectivity index (χ1) is 15.8. The monoisotopic (exact) mass is 464 g/mol. The van der Waals surface area contributed by atoms with Crippen LogP contribution in [0.25, 0.3) is 0 Å². The van der Waals surface area contributed by atoms with Crippen LogP contribution in [0.1, 0.15) is 32.3 Å². The fraction of sp³-hybridized carbons (Fsp3) is 0.565. The minimum Gasteiger partial charge on any atom is -0.378 e. The Balaban J connectivity index is 2.04. The van der Waals surface area contributed by atoms with Gasteiger partial charge in [-0.25, -0.2) is 9.18 Å². The van der Waals surface area contributed by atoms with Crippen LogP contribution in [0.5, 0.6) is 0 Å². The molecule has 2 rings (SSSR count). The Labute approximate surface area is 193 Å². The molecule has 3 N–H and O–H groups in total. The van der Waals surface area contributed by atoms with Gasteiger partial charge in [0.25, 0.3) is 11.8 Å². The molecule has 9 nitrogen and oxygen atoms in total. The van der Waals surface area contributed by atoms with Crippen molar-refractivity contribution in [2.24, 2.45) is 5.92 Å². The molecule has 1 aliphatic rings. The minimum atomic E-state index is -1.25. The molecule has 1 unspecified atom stereocenters. The van der Waals surface area contributed by atoms with Crippen molar-refractivity contribution in [2.45, 2.75) is 45.2 Å². The van der Waals surface area contributed by atoms with Gasteiger partial charge >= 0.3 is 6.03 Å². The number of amides is 5. The van der Waals surface area contributed by atoms with Gasteiger partial charge in [0.05, 0.1) is 13.2 Å². The number of nitrogens with one attached hydrogen (secondary N) is 3. The average Bonchev–Trinajstić information content (AvgIpc) is 2.81. The highest BCUT2D eigenvalue weighted by Crippen LogP contribution is 2.09. The average molecular weight is 465 g/mol. The van der Waals surface area contributed by atoms with Gasteiger partial charge in [-0.1, -0.05) is 44.2 Å². The van der Waals surface area contributed by atoms with Crippen molar-refractivity contribution < 1.29 is 28.3 Å². The summed E-state index contributed by atoms with van der Waals surface area (Å²) >= 11 is 0. The number of alkyl halides is 1. The normalized spacial score (nSPS) is 15.5. The summed E-state index contributed by atoms with van der Waals surface area (Å²) in [4.78, 5) is 51.3. The Kier molecular flexibility index (Phi) is 10.8. The lowest BCUT2D eigenvalue weighted by molar-refractivity contribution is -0.132. The predicted octanol–water partition coefficient (Wildman–Crippen LogP) is 1.17. The number of carbonyl (C=O) groups excluding carboxylic acids is 4. The highest BCUT2D eigenvalue weighted by Gasteiger charge is 2.29. The lowest BCUT2D eigenvalue weighted by Crippen LogP contribution is -2.57. The zero-order valence-electron chi connectivity index (χ0n) is 19.1. The van der Waals surface area contributed by atoms with Crippen molar-refractivity contribution >= 4 is 23.8 Å². The van der Waals surface area contributed by atoms with Crippen molar-refractivity contribution in [3.8, 4) is 0 Å². The van der Waals surface area contributed by atoms with E-state index in [1.165, 1.54) is 4.90 Å². The largest absolute Gasteiger partial charge is 0.378 e. The first kappa shape index (κ1) is 26.2. The van der Waals surface area contributed by atoms with Crippen molar-refractivity contribution in [1.29, 1.82) is 0 Å². The van der Waals surface area contributed by atoms with Crippen LogP contribution >= 0.6 is 0 Å². The first-order valence-corrected chi connectivity index (χ1v) is 11.2. The second-order valence-corrected chi connectivity index (χ2v) is 8.36. The minimum absolute atomic E-state index is 0.0442. The lowest BCUT2D eigenvalue weighted by atomic mass is 10.0. The van der Waals surface area contributed by atoms with Crippen LogP contribution in [-0.4, -0.2) is 73.7 Å². The summed E-state index contributed by atoms with van der Waals surface area (Å²) in [6.45, 7) is 4.05. The van der Waals surface area contributed by atoms with Gasteiger partial charge < -0.3 is 20.3 Å². The predicted molar refractivity (Wildman–Crippen MR) is 120 cm³/mol. The molecule has 1 heterocycles. The molecule has 5 amide bonds. The number of rotatable bonds is 10. The van der Waals surface area contributed by atoms with Crippen LogP contribution in [0, 0.1) is 5.92 Å². The van der Waals surface area contributed by atoms with E-state index in [0.29, 0.717) is 32.7 Å². The molecule has 1 saturated heterocycles. The maximum atomic E-state index is 13.0. The molecule has 1 aromatic carbocycles. The molecule has 0 bridgehead atoms. The lowest BCUT2D eigenvalue weighted by Gasteiger charge is -2.28. The number of nitrogens with zero attached hydrogens (tertiary/aromatic N) is 1. The smallest absolute Gasteiger partial charge is 0.324 e. The Bertz CT molecular complexity index is 799. The van der Waals surface area contributed by atoms with Crippen LogP contribution in [-0.2, 0) is 25.5 Å². The van der Waals surface area contributed by atoms with Gasteiger partial charge in [-0.15, -0.1) is 0 Å². The molecule has 0 spiro atoms. The van der Waals surface area contributed by atoms with Gasteiger partial charge in [-0.05, 0) is 30.7 Å². The zero-order valence-corrected chi connectivity index (χ0v) is 19.1. The molecule has 33 heavy (non-hydrogen) atoms.